The maximum Gasteiger partial charge on any atom is 0.513 e. The fraction of sp³-hybridized carbons (Fsp3) is 0.480. The van der Waals surface area contributed by atoms with Gasteiger partial charge in [0, 0.05) is 31.7 Å². The smallest absolute Gasteiger partial charge is 0.434 e. The van der Waals surface area contributed by atoms with Gasteiger partial charge in [0.15, 0.2) is 23.3 Å². The summed E-state index contributed by atoms with van der Waals surface area (Å²) in [4.78, 5) is 25.2. The minimum atomic E-state index is -2.31. The second-order valence-electron chi connectivity index (χ2n) is 9.12. The van der Waals surface area contributed by atoms with Crippen LogP contribution in [0.25, 0.3) is 0 Å². The summed E-state index contributed by atoms with van der Waals surface area (Å²) in [6.45, 7) is 5.84. The Morgan fingerprint density at radius 1 is 0.875 bits per heavy atom. The molecule has 216 valence electrons. The molecule has 3 aliphatic heterocycles. The van der Waals surface area contributed by atoms with Gasteiger partial charge in [0.1, 0.15) is 17.4 Å². The van der Waals surface area contributed by atoms with E-state index in [4.69, 9.17) is 23.9 Å². The number of ether oxygens (including phenoxy) is 4. The molecule has 1 unspecified atom stereocenters. The number of allylic oxidation sites excluding steroid dienone is 2. The maximum absolute atomic E-state index is 15.4. The maximum atomic E-state index is 15.4. The Balaban J connectivity index is 1.78. The molecule has 0 saturated carbocycles. The van der Waals surface area contributed by atoms with Crippen LogP contribution in [0.4, 0.5) is 44.3 Å². The molecule has 1 aromatic carbocycles. The number of halogens is 5. The van der Waals surface area contributed by atoms with E-state index in [-0.39, 0.29) is 35.5 Å². The van der Waals surface area contributed by atoms with Crippen LogP contribution in [-0.2, 0) is 18.9 Å². The average Bonchev–Trinajstić information content (AvgIpc) is 2.97. The van der Waals surface area contributed by atoms with Gasteiger partial charge in [0.2, 0.25) is 11.8 Å². The van der Waals surface area contributed by atoms with Crippen molar-refractivity contribution in [2.75, 3.05) is 74.3 Å². The lowest BCUT2D eigenvalue weighted by Crippen LogP contribution is -2.41. The minimum absolute atomic E-state index is 0.0352. The largest absolute Gasteiger partial charge is 0.513 e. The normalized spacial score (nSPS) is 19.3. The molecule has 40 heavy (non-hydrogen) atoms. The Morgan fingerprint density at radius 2 is 1.43 bits per heavy atom. The van der Waals surface area contributed by atoms with Crippen LogP contribution < -0.4 is 15.1 Å². The Kier molecular flexibility index (Phi) is 7.94. The Bertz CT molecular complexity index is 1320. The lowest BCUT2D eigenvalue weighted by Gasteiger charge is -2.37. The average molecular weight is 572 g/mol. The summed E-state index contributed by atoms with van der Waals surface area (Å²) in [5.74, 6) is -12.5. The zero-order valence-electron chi connectivity index (χ0n) is 21.7. The molecular formula is C25H26F5N5O5. The van der Waals surface area contributed by atoms with E-state index in [1.54, 1.807) is 4.90 Å². The number of hydrogen-bond acceptors (Lipinski definition) is 10. The topological polar surface area (TPSA) is 98.3 Å². The molecule has 0 aliphatic carbocycles. The fourth-order valence-electron chi connectivity index (χ4n) is 4.84. The van der Waals surface area contributed by atoms with E-state index >= 15 is 8.78 Å². The number of hydrogen-bond donors (Lipinski definition) is 1. The molecule has 0 spiro atoms. The predicted octanol–water partition coefficient (Wildman–Crippen LogP) is 3.81. The quantitative estimate of drug-likeness (QED) is 0.247. The van der Waals surface area contributed by atoms with E-state index in [1.807, 2.05) is 4.90 Å². The summed E-state index contributed by atoms with van der Waals surface area (Å²) in [6.07, 6.45) is -1.23. The first kappa shape index (κ1) is 27.8. The van der Waals surface area contributed by atoms with Gasteiger partial charge >= 0.3 is 6.16 Å². The molecule has 0 bridgehead atoms. The number of nitrogens with zero attached hydrogens (tertiary/aromatic N) is 4. The van der Waals surface area contributed by atoms with Crippen LogP contribution in [0.3, 0.4) is 0 Å². The molecule has 0 amide bonds. The number of aromatic nitrogens is 2. The molecular weight excluding hydrogens is 545 g/mol. The molecule has 4 heterocycles. The number of benzene rings is 1. The van der Waals surface area contributed by atoms with E-state index in [2.05, 4.69) is 10.3 Å². The third-order valence-electron chi connectivity index (χ3n) is 6.73. The third kappa shape index (κ3) is 4.98. The summed E-state index contributed by atoms with van der Waals surface area (Å²) in [6, 6.07) is 0. The summed E-state index contributed by atoms with van der Waals surface area (Å²) in [7, 11) is 0. The highest BCUT2D eigenvalue weighted by atomic mass is 19.2. The molecule has 2 aromatic rings. The van der Waals surface area contributed by atoms with Crippen molar-refractivity contribution in [3.63, 3.8) is 0 Å². The monoisotopic (exact) mass is 571 g/mol. The third-order valence-corrected chi connectivity index (χ3v) is 6.73. The van der Waals surface area contributed by atoms with Crippen LogP contribution >= 0.6 is 0 Å². The number of fused-ring (bicyclic) bond motifs is 1. The van der Waals surface area contributed by atoms with Crippen molar-refractivity contribution in [2.45, 2.75) is 19.8 Å². The fourth-order valence-corrected chi connectivity index (χ4v) is 4.84. The van der Waals surface area contributed by atoms with Crippen LogP contribution in [-0.4, -0.2) is 75.3 Å². The van der Waals surface area contributed by atoms with Gasteiger partial charge in [-0.2, -0.15) is 9.97 Å². The lowest BCUT2D eigenvalue weighted by atomic mass is 9.85. The Morgan fingerprint density at radius 3 is 2.00 bits per heavy atom. The van der Waals surface area contributed by atoms with Gasteiger partial charge in [-0.3, -0.25) is 0 Å². The summed E-state index contributed by atoms with van der Waals surface area (Å²) >= 11 is 0. The summed E-state index contributed by atoms with van der Waals surface area (Å²) in [5.41, 5.74) is -1.20. The first-order valence-corrected chi connectivity index (χ1v) is 12.6. The van der Waals surface area contributed by atoms with Gasteiger partial charge in [0.05, 0.1) is 50.2 Å². The van der Waals surface area contributed by atoms with Crippen molar-refractivity contribution in [1.29, 1.82) is 0 Å². The van der Waals surface area contributed by atoms with Gasteiger partial charge in [-0.25, -0.2) is 26.7 Å². The zero-order chi connectivity index (χ0) is 28.6. The van der Waals surface area contributed by atoms with E-state index < -0.39 is 52.5 Å². The van der Waals surface area contributed by atoms with Gasteiger partial charge in [-0.05, 0) is 13.8 Å². The SMILES string of the molecule is CCOC(=O)OC1=C(C)Nc2nc(N3CCOCC3)nc(N3CCOCC3)c2C1c1c(F)c(F)c(F)c(F)c1F. The number of carbonyl (C=O) groups is 1. The van der Waals surface area contributed by atoms with Crippen molar-refractivity contribution in [1.82, 2.24) is 9.97 Å². The molecule has 2 saturated heterocycles. The van der Waals surface area contributed by atoms with Crippen LogP contribution in [0.1, 0.15) is 30.9 Å². The van der Waals surface area contributed by atoms with Crippen molar-refractivity contribution < 1.29 is 45.7 Å². The van der Waals surface area contributed by atoms with Gasteiger partial charge in [0.25, 0.3) is 0 Å². The predicted molar refractivity (Wildman–Crippen MR) is 131 cm³/mol. The molecule has 2 fully saturated rings. The van der Waals surface area contributed by atoms with Crippen molar-refractivity contribution in [3.8, 4) is 0 Å². The molecule has 1 N–H and O–H groups in total. The Hall–Kier alpha value is -3.72. The highest BCUT2D eigenvalue weighted by Gasteiger charge is 2.43. The summed E-state index contributed by atoms with van der Waals surface area (Å²) < 4.78 is 94.8. The van der Waals surface area contributed by atoms with Gasteiger partial charge in [-0.15, -0.1) is 0 Å². The van der Waals surface area contributed by atoms with E-state index in [1.165, 1.54) is 13.8 Å². The van der Waals surface area contributed by atoms with Gasteiger partial charge < -0.3 is 34.1 Å². The van der Waals surface area contributed by atoms with E-state index in [0.717, 1.165) is 0 Å². The molecule has 10 nitrogen and oxygen atoms in total. The highest BCUT2D eigenvalue weighted by Crippen LogP contribution is 2.48. The minimum Gasteiger partial charge on any atom is -0.434 e. The zero-order valence-corrected chi connectivity index (χ0v) is 21.7. The molecule has 3 aliphatic rings. The van der Waals surface area contributed by atoms with E-state index in [9.17, 15) is 18.0 Å². The lowest BCUT2D eigenvalue weighted by molar-refractivity contribution is 0.0774. The summed E-state index contributed by atoms with van der Waals surface area (Å²) in [5, 5.41) is 2.97. The van der Waals surface area contributed by atoms with Crippen LogP contribution in [0.15, 0.2) is 11.5 Å². The van der Waals surface area contributed by atoms with Crippen molar-refractivity contribution in [3.05, 3.63) is 51.7 Å². The van der Waals surface area contributed by atoms with Crippen LogP contribution in [0.2, 0.25) is 0 Å². The van der Waals surface area contributed by atoms with Crippen molar-refractivity contribution >= 4 is 23.7 Å². The van der Waals surface area contributed by atoms with Crippen LogP contribution in [0.5, 0.6) is 0 Å². The Labute approximate surface area is 225 Å². The number of anilines is 3. The first-order valence-electron chi connectivity index (χ1n) is 12.6. The molecule has 15 heteroatoms. The second-order valence-corrected chi connectivity index (χ2v) is 9.12. The standard InChI is InChI=1S/C25H26F5N5O5/c1-3-39-25(36)40-21-12(2)31-22-15(13(21)14-16(26)18(28)20(30)19(29)17(14)27)23(34-4-8-37-9-5-34)33-24(32-22)35-6-10-38-11-7-35/h13H,3-11H2,1-2H3,(H,31,32,33). The number of carbonyl (C=O) groups excluding carboxylic acids is 1. The number of morpholine rings is 2. The number of nitrogens with one attached hydrogen (secondary N) is 1. The van der Waals surface area contributed by atoms with Crippen LogP contribution in [0, 0.1) is 29.1 Å². The molecule has 5 rings (SSSR count). The van der Waals surface area contributed by atoms with Crippen molar-refractivity contribution in [2.24, 2.45) is 0 Å². The first-order chi connectivity index (χ1) is 19.2. The van der Waals surface area contributed by atoms with Gasteiger partial charge in [-0.1, -0.05) is 0 Å². The second kappa shape index (κ2) is 11.4. The number of rotatable bonds is 5. The molecule has 0 radical (unpaired) electrons. The molecule has 1 aromatic heterocycles. The molecule has 1 atom stereocenters. The highest BCUT2D eigenvalue weighted by molar-refractivity contribution is 5.73. The van der Waals surface area contributed by atoms with E-state index in [0.29, 0.717) is 52.6 Å².